The molecule has 0 spiro atoms. The van der Waals surface area contributed by atoms with Gasteiger partial charge in [-0.1, -0.05) is 25.1 Å². The number of benzene rings is 2. The molecule has 5 nitrogen and oxygen atoms in total. The Morgan fingerprint density at radius 2 is 2.04 bits per heavy atom. The molecule has 1 amide bonds. The molecule has 0 radical (unpaired) electrons. The van der Waals surface area contributed by atoms with Crippen LogP contribution in [0, 0.1) is 12.8 Å². The molecular formula is C22H23NO4. The van der Waals surface area contributed by atoms with Gasteiger partial charge in [0.2, 0.25) is 0 Å². The number of amides is 1. The minimum Gasteiger partial charge on any atom is -0.484 e. The van der Waals surface area contributed by atoms with Crippen LogP contribution in [-0.2, 0) is 4.79 Å². The second-order valence-electron chi connectivity index (χ2n) is 7.42. The Kier molecular flexibility index (Phi) is 4.60. The van der Waals surface area contributed by atoms with E-state index in [2.05, 4.69) is 6.92 Å². The lowest BCUT2D eigenvalue weighted by Crippen LogP contribution is -2.41. The zero-order chi connectivity index (χ0) is 19.0. The van der Waals surface area contributed by atoms with Gasteiger partial charge in [-0.25, -0.2) is 4.79 Å². The summed E-state index contributed by atoms with van der Waals surface area (Å²) >= 11 is 0. The molecule has 2 heterocycles. The minimum atomic E-state index is -0.368. The van der Waals surface area contributed by atoms with Gasteiger partial charge in [0, 0.05) is 29.9 Å². The SMILES string of the molecule is Cc1cc(OCC(=O)N2CCC[C@H](C)C2)cc2oc(=O)c3ccccc3c12. The maximum atomic E-state index is 12.4. The summed E-state index contributed by atoms with van der Waals surface area (Å²) in [4.78, 5) is 26.5. The number of aryl methyl sites for hydroxylation is 1. The molecule has 1 aliphatic rings. The van der Waals surface area contributed by atoms with Gasteiger partial charge in [-0.05, 0) is 43.4 Å². The van der Waals surface area contributed by atoms with Crippen LogP contribution >= 0.6 is 0 Å². The quantitative estimate of drug-likeness (QED) is 0.522. The van der Waals surface area contributed by atoms with Gasteiger partial charge in [0.1, 0.15) is 11.3 Å². The lowest BCUT2D eigenvalue weighted by atomic mass is 10.0. The van der Waals surface area contributed by atoms with Crippen molar-refractivity contribution >= 4 is 27.6 Å². The van der Waals surface area contributed by atoms with Crippen LogP contribution in [0.5, 0.6) is 5.75 Å². The minimum absolute atomic E-state index is 0.000681. The number of carbonyl (C=O) groups excluding carboxylic acids is 1. The van der Waals surface area contributed by atoms with Crippen molar-refractivity contribution in [2.24, 2.45) is 5.92 Å². The van der Waals surface area contributed by atoms with Gasteiger partial charge in [0.25, 0.3) is 5.91 Å². The van der Waals surface area contributed by atoms with Crippen LogP contribution in [0.2, 0.25) is 0 Å². The highest BCUT2D eigenvalue weighted by molar-refractivity contribution is 6.06. The smallest absolute Gasteiger partial charge is 0.344 e. The summed E-state index contributed by atoms with van der Waals surface area (Å²) in [5, 5.41) is 2.33. The predicted octanol–water partition coefficient (Wildman–Crippen LogP) is 3.89. The van der Waals surface area contributed by atoms with Crippen LogP contribution < -0.4 is 10.4 Å². The third kappa shape index (κ3) is 3.42. The normalized spacial score (nSPS) is 17.4. The van der Waals surface area contributed by atoms with Gasteiger partial charge in [0.15, 0.2) is 6.61 Å². The van der Waals surface area contributed by atoms with Crippen LogP contribution in [0.25, 0.3) is 21.7 Å². The maximum Gasteiger partial charge on any atom is 0.344 e. The molecule has 1 atom stereocenters. The molecule has 1 aromatic heterocycles. The van der Waals surface area contributed by atoms with E-state index in [4.69, 9.17) is 9.15 Å². The van der Waals surface area contributed by atoms with E-state index in [1.165, 1.54) is 6.42 Å². The summed E-state index contributed by atoms with van der Waals surface area (Å²) < 4.78 is 11.2. The van der Waals surface area contributed by atoms with Crippen molar-refractivity contribution < 1.29 is 13.9 Å². The van der Waals surface area contributed by atoms with Gasteiger partial charge in [-0.15, -0.1) is 0 Å². The van der Waals surface area contributed by atoms with Crippen molar-refractivity contribution in [1.82, 2.24) is 4.90 Å². The highest BCUT2D eigenvalue weighted by Gasteiger charge is 2.21. The summed E-state index contributed by atoms with van der Waals surface area (Å²) in [6.45, 7) is 5.70. The van der Waals surface area contributed by atoms with Crippen molar-refractivity contribution in [1.29, 1.82) is 0 Å². The van der Waals surface area contributed by atoms with E-state index >= 15 is 0 Å². The number of nitrogens with zero attached hydrogens (tertiary/aromatic N) is 1. The Hall–Kier alpha value is -2.82. The van der Waals surface area contributed by atoms with Gasteiger partial charge in [-0.2, -0.15) is 0 Å². The third-order valence-electron chi connectivity index (χ3n) is 5.26. The van der Waals surface area contributed by atoms with Crippen molar-refractivity contribution in [2.45, 2.75) is 26.7 Å². The Balaban J connectivity index is 1.61. The Labute approximate surface area is 157 Å². The molecule has 5 heteroatoms. The predicted molar refractivity (Wildman–Crippen MR) is 105 cm³/mol. The van der Waals surface area contributed by atoms with Crippen molar-refractivity contribution in [3.8, 4) is 5.75 Å². The Bertz CT molecular complexity index is 1070. The van der Waals surface area contributed by atoms with Crippen LogP contribution in [-0.4, -0.2) is 30.5 Å². The molecule has 3 aromatic rings. The van der Waals surface area contributed by atoms with E-state index in [1.54, 1.807) is 12.1 Å². The molecule has 1 saturated heterocycles. The van der Waals surface area contributed by atoms with E-state index in [0.717, 1.165) is 35.8 Å². The fraction of sp³-hybridized carbons (Fsp3) is 0.364. The number of hydrogen-bond acceptors (Lipinski definition) is 4. The standard InChI is InChI=1S/C22H23NO4/c1-14-6-5-9-23(12-14)20(24)13-26-16-10-15(2)21-17-7-3-4-8-18(17)22(25)27-19(21)11-16/h3-4,7-8,10-11,14H,5-6,9,12-13H2,1-2H3/t14-/m0/s1. The van der Waals surface area contributed by atoms with Gasteiger partial charge < -0.3 is 14.1 Å². The third-order valence-corrected chi connectivity index (χ3v) is 5.26. The van der Waals surface area contributed by atoms with Crippen LogP contribution in [0.15, 0.2) is 45.6 Å². The molecule has 2 aromatic carbocycles. The number of hydrogen-bond donors (Lipinski definition) is 0. The first-order valence-electron chi connectivity index (χ1n) is 9.39. The number of likely N-dealkylation sites (tertiary alicyclic amines) is 1. The second kappa shape index (κ2) is 7.06. The van der Waals surface area contributed by atoms with E-state index in [9.17, 15) is 9.59 Å². The molecular weight excluding hydrogens is 342 g/mol. The number of ether oxygens (including phenoxy) is 1. The van der Waals surface area contributed by atoms with Crippen LogP contribution in [0.3, 0.4) is 0 Å². The largest absolute Gasteiger partial charge is 0.484 e. The van der Waals surface area contributed by atoms with E-state index in [-0.39, 0.29) is 18.1 Å². The topological polar surface area (TPSA) is 59.8 Å². The van der Waals surface area contributed by atoms with Crippen molar-refractivity contribution in [2.75, 3.05) is 19.7 Å². The summed E-state index contributed by atoms with van der Waals surface area (Å²) in [5.41, 5.74) is 1.06. The highest BCUT2D eigenvalue weighted by Crippen LogP contribution is 2.30. The van der Waals surface area contributed by atoms with Crippen molar-refractivity contribution in [3.05, 3.63) is 52.4 Å². The van der Waals surface area contributed by atoms with Crippen LogP contribution in [0.4, 0.5) is 0 Å². The molecule has 0 bridgehead atoms. The summed E-state index contributed by atoms with van der Waals surface area (Å²) in [6.07, 6.45) is 2.21. The number of fused-ring (bicyclic) bond motifs is 3. The zero-order valence-electron chi connectivity index (χ0n) is 15.7. The molecule has 0 aliphatic carbocycles. The lowest BCUT2D eigenvalue weighted by molar-refractivity contribution is -0.135. The maximum absolute atomic E-state index is 12.4. The van der Waals surface area contributed by atoms with E-state index in [0.29, 0.717) is 22.6 Å². The fourth-order valence-corrected chi connectivity index (χ4v) is 3.92. The molecule has 1 aliphatic heterocycles. The molecule has 1 fully saturated rings. The van der Waals surface area contributed by atoms with Crippen LogP contribution in [0.1, 0.15) is 25.3 Å². The summed E-state index contributed by atoms with van der Waals surface area (Å²) in [7, 11) is 0. The molecule has 0 unspecified atom stereocenters. The van der Waals surface area contributed by atoms with Gasteiger partial charge in [0.05, 0.1) is 5.39 Å². The molecule has 0 N–H and O–H groups in total. The monoisotopic (exact) mass is 365 g/mol. The van der Waals surface area contributed by atoms with Gasteiger partial charge >= 0.3 is 5.63 Å². The van der Waals surface area contributed by atoms with E-state index < -0.39 is 0 Å². The first-order chi connectivity index (χ1) is 13.0. The van der Waals surface area contributed by atoms with E-state index in [1.807, 2.05) is 36.1 Å². The van der Waals surface area contributed by atoms with Crippen molar-refractivity contribution in [3.63, 3.8) is 0 Å². The first kappa shape index (κ1) is 17.6. The Morgan fingerprint density at radius 1 is 1.26 bits per heavy atom. The summed E-state index contributed by atoms with van der Waals surface area (Å²) in [5.74, 6) is 1.07. The number of rotatable bonds is 3. The first-order valence-corrected chi connectivity index (χ1v) is 9.39. The Morgan fingerprint density at radius 3 is 2.81 bits per heavy atom. The second-order valence-corrected chi connectivity index (χ2v) is 7.42. The average molecular weight is 365 g/mol. The molecule has 27 heavy (non-hydrogen) atoms. The highest BCUT2D eigenvalue weighted by atomic mass is 16.5. The van der Waals surface area contributed by atoms with Gasteiger partial charge in [-0.3, -0.25) is 4.79 Å². The number of piperidine rings is 1. The summed E-state index contributed by atoms with van der Waals surface area (Å²) in [6, 6.07) is 11.0. The molecule has 4 rings (SSSR count). The fourth-order valence-electron chi connectivity index (χ4n) is 3.92. The molecule has 140 valence electrons. The lowest BCUT2D eigenvalue weighted by Gasteiger charge is -2.30. The number of carbonyl (C=O) groups is 1. The molecule has 0 saturated carbocycles. The zero-order valence-corrected chi connectivity index (χ0v) is 15.7. The average Bonchev–Trinajstić information content (AvgIpc) is 2.66.